The second-order valence-electron chi connectivity index (χ2n) is 5.73. The van der Waals surface area contributed by atoms with Crippen molar-refractivity contribution in [2.24, 2.45) is 5.84 Å². The molecule has 1 fully saturated rings. The SMILES string of the molecule is CN1CCCN(C)C(C(Cc2ccnc(N)c2)NN)C1. The van der Waals surface area contributed by atoms with Crippen LogP contribution in [0, 0.1) is 0 Å². The number of nitrogen functional groups attached to an aromatic ring is 1. The monoisotopic (exact) mass is 278 g/mol. The van der Waals surface area contributed by atoms with E-state index in [0.717, 1.165) is 26.1 Å². The molecule has 0 spiro atoms. The van der Waals surface area contributed by atoms with Crippen LogP contribution in [0.15, 0.2) is 18.3 Å². The Balaban J connectivity index is 2.09. The van der Waals surface area contributed by atoms with E-state index in [1.807, 2.05) is 12.1 Å². The standard InChI is InChI=1S/C14H26N6/c1-19-6-3-7-20(2)13(10-19)12(18-16)8-11-4-5-17-14(15)9-11/h4-5,9,12-13,18H,3,6-8,10,16H2,1-2H3,(H2,15,17). The molecule has 0 amide bonds. The van der Waals surface area contributed by atoms with E-state index in [1.165, 1.54) is 12.0 Å². The largest absolute Gasteiger partial charge is 0.384 e. The van der Waals surface area contributed by atoms with Crippen LogP contribution < -0.4 is 17.0 Å². The molecule has 1 aliphatic heterocycles. The van der Waals surface area contributed by atoms with Crippen LogP contribution in [0.25, 0.3) is 0 Å². The molecule has 0 saturated carbocycles. The first kappa shape index (κ1) is 15.2. The maximum absolute atomic E-state index is 5.81. The van der Waals surface area contributed by atoms with Gasteiger partial charge in [-0.05, 0) is 57.7 Å². The van der Waals surface area contributed by atoms with Crippen molar-refractivity contribution >= 4 is 5.82 Å². The second kappa shape index (κ2) is 6.99. The van der Waals surface area contributed by atoms with Gasteiger partial charge in [-0.15, -0.1) is 0 Å². The van der Waals surface area contributed by atoms with Gasteiger partial charge in [0.05, 0.1) is 0 Å². The Hall–Kier alpha value is -1.21. The van der Waals surface area contributed by atoms with Crippen molar-refractivity contribution in [2.75, 3.05) is 39.5 Å². The molecule has 2 unspecified atom stereocenters. The quantitative estimate of drug-likeness (QED) is 0.517. The van der Waals surface area contributed by atoms with Crippen LogP contribution in [0.4, 0.5) is 5.82 Å². The van der Waals surface area contributed by atoms with Crippen molar-refractivity contribution < 1.29 is 0 Å². The Kier molecular flexibility index (Phi) is 5.31. The lowest BCUT2D eigenvalue weighted by molar-refractivity contribution is 0.177. The highest BCUT2D eigenvalue weighted by atomic mass is 15.3. The molecular weight excluding hydrogens is 252 g/mol. The second-order valence-corrected chi connectivity index (χ2v) is 5.73. The lowest BCUT2D eigenvalue weighted by atomic mass is 9.99. The number of hydrazine groups is 1. The molecule has 1 saturated heterocycles. The Morgan fingerprint density at radius 2 is 2.25 bits per heavy atom. The summed E-state index contributed by atoms with van der Waals surface area (Å²) < 4.78 is 0. The smallest absolute Gasteiger partial charge is 0.123 e. The van der Waals surface area contributed by atoms with Crippen molar-refractivity contribution in [1.82, 2.24) is 20.2 Å². The molecule has 6 heteroatoms. The summed E-state index contributed by atoms with van der Waals surface area (Å²) in [6, 6.07) is 4.51. The fraction of sp³-hybridized carbons (Fsp3) is 0.643. The number of hydrogen-bond donors (Lipinski definition) is 3. The minimum atomic E-state index is 0.197. The third-order valence-corrected chi connectivity index (χ3v) is 4.10. The summed E-state index contributed by atoms with van der Waals surface area (Å²) in [7, 11) is 4.35. The summed E-state index contributed by atoms with van der Waals surface area (Å²) in [5.41, 5.74) is 9.90. The number of nitrogens with one attached hydrogen (secondary N) is 1. The predicted octanol–water partition coefficient (Wildman–Crippen LogP) is -0.326. The van der Waals surface area contributed by atoms with Crippen LogP contribution in [0.5, 0.6) is 0 Å². The van der Waals surface area contributed by atoms with Gasteiger partial charge in [0, 0.05) is 24.8 Å². The highest BCUT2D eigenvalue weighted by molar-refractivity contribution is 5.32. The van der Waals surface area contributed by atoms with E-state index in [9.17, 15) is 0 Å². The van der Waals surface area contributed by atoms with Crippen molar-refractivity contribution in [3.63, 3.8) is 0 Å². The Morgan fingerprint density at radius 3 is 2.95 bits per heavy atom. The minimum Gasteiger partial charge on any atom is -0.384 e. The molecule has 20 heavy (non-hydrogen) atoms. The zero-order valence-corrected chi connectivity index (χ0v) is 12.4. The number of nitrogens with two attached hydrogens (primary N) is 2. The fourth-order valence-electron chi connectivity index (χ4n) is 2.92. The number of hydrogen-bond acceptors (Lipinski definition) is 6. The van der Waals surface area contributed by atoms with E-state index in [2.05, 4.69) is 34.3 Å². The summed E-state index contributed by atoms with van der Waals surface area (Å²) >= 11 is 0. The molecule has 1 aromatic heterocycles. The van der Waals surface area contributed by atoms with E-state index < -0.39 is 0 Å². The molecule has 112 valence electrons. The molecule has 1 aliphatic rings. The van der Waals surface area contributed by atoms with Crippen molar-refractivity contribution in [3.8, 4) is 0 Å². The highest BCUT2D eigenvalue weighted by Crippen LogP contribution is 2.14. The van der Waals surface area contributed by atoms with Gasteiger partial charge < -0.3 is 15.5 Å². The number of likely N-dealkylation sites (N-methyl/N-ethyl adjacent to an activating group) is 2. The van der Waals surface area contributed by atoms with Crippen LogP contribution in [0.1, 0.15) is 12.0 Å². The van der Waals surface area contributed by atoms with Crippen molar-refractivity contribution in [2.45, 2.75) is 24.9 Å². The van der Waals surface area contributed by atoms with E-state index in [1.54, 1.807) is 6.20 Å². The molecule has 0 radical (unpaired) electrons. The first-order valence-electron chi connectivity index (χ1n) is 7.15. The molecule has 1 aromatic rings. The molecule has 2 heterocycles. The zero-order chi connectivity index (χ0) is 14.5. The lowest BCUT2D eigenvalue weighted by Crippen LogP contribution is -2.55. The summed E-state index contributed by atoms with van der Waals surface area (Å²) in [4.78, 5) is 8.81. The predicted molar refractivity (Wildman–Crippen MR) is 82.0 cm³/mol. The van der Waals surface area contributed by atoms with Crippen molar-refractivity contribution in [3.05, 3.63) is 23.9 Å². The van der Waals surface area contributed by atoms with E-state index in [-0.39, 0.29) is 6.04 Å². The van der Waals surface area contributed by atoms with Gasteiger partial charge in [-0.1, -0.05) is 0 Å². The van der Waals surface area contributed by atoms with Crippen LogP contribution in [-0.4, -0.2) is 60.6 Å². The third kappa shape index (κ3) is 3.89. The summed E-state index contributed by atoms with van der Waals surface area (Å²) in [5, 5.41) is 0. The van der Waals surface area contributed by atoms with Gasteiger partial charge in [-0.3, -0.25) is 11.3 Å². The number of anilines is 1. The van der Waals surface area contributed by atoms with Crippen LogP contribution in [0.3, 0.4) is 0 Å². The van der Waals surface area contributed by atoms with Gasteiger partial charge in [-0.25, -0.2) is 4.98 Å². The van der Waals surface area contributed by atoms with Gasteiger partial charge in [0.1, 0.15) is 5.82 Å². The number of rotatable bonds is 4. The van der Waals surface area contributed by atoms with Gasteiger partial charge in [0.25, 0.3) is 0 Å². The van der Waals surface area contributed by atoms with E-state index in [0.29, 0.717) is 11.9 Å². The minimum absolute atomic E-state index is 0.197. The van der Waals surface area contributed by atoms with Crippen LogP contribution in [-0.2, 0) is 6.42 Å². The van der Waals surface area contributed by atoms with Gasteiger partial charge >= 0.3 is 0 Å². The summed E-state index contributed by atoms with van der Waals surface area (Å²) in [6.45, 7) is 3.26. The summed E-state index contributed by atoms with van der Waals surface area (Å²) in [5.74, 6) is 6.37. The molecule has 2 rings (SSSR count). The number of nitrogens with zero attached hydrogens (tertiary/aromatic N) is 3. The number of aromatic nitrogens is 1. The van der Waals surface area contributed by atoms with Crippen LogP contribution in [0.2, 0.25) is 0 Å². The third-order valence-electron chi connectivity index (χ3n) is 4.10. The molecular formula is C14H26N6. The van der Waals surface area contributed by atoms with Crippen molar-refractivity contribution in [1.29, 1.82) is 0 Å². The average Bonchev–Trinajstić information content (AvgIpc) is 2.58. The normalized spacial score (nSPS) is 23.4. The Morgan fingerprint density at radius 1 is 1.45 bits per heavy atom. The maximum Gasteiger partial charge on any atom is 0.123 e. The maximum atomic E-state index is 5.81. The molecule has 6 nitrogen and oxygen atoms in total. The Bertz CT molecular complexity index is 424. The first-order valence-corrected chi connectivity index (χ1v) is 7.15. The van der Waals surface area contributed by atoms with Crippen LogP contribution >= 0.6 is 0 Å². The molecule has 5 N–H and O–H groups in total. The highest BCUT2D eigenvalue weighted by Gasteiger charge is 2.28. The number of pyridine rings is 1. The molecule has 0 aliphatic carbocycles. The molecule has 2 atom stereocenters. The zero-order valence-electron chi connectivity index (χ0n) is 12.4. The molecule has 0 bridgehead atoms. The molecule has 0 aromatic carbocycles. The van der Waals surface area contributed by atoms with Gasteiger partial charge in [0.15, 0.2) is 0 Å². The van der Waals surface area contributed by atoms with Gasteiger partial charge in [-0.2, -0.15) is 0 Å². The van der Waals surface area contributed by atoms with E-state index in [4.69, 9.17) is 11.6 Å². The first-order chi connectivity index (χ1) is 9.60. The summed E-state index contributed by atoms with van der Waals surface area (Å²) in [6.07, 6.45) is 3.80. The topological polar surface area (TPSA) is 83.4 Å². The van der Waals surface area contributed by atoms with Gasteiger partial charge in [0.2, 0.25) is 0 Å². The lowest BCUT2D eigenvalue weighted by Gasteiger charge is -2.34. The van der Waals surface area contributed by atoms with E-state index >= 15 is 0 Å². The Labute approximate surface area is 121 Å². The average molecular weight is 278 g/mol. The fourth-order valence-corrected chi connectivity index (χ4v) is 2.92.